The van der Waals surface area contributed by atoms with Crippen LogP contribution < -0.4 is 20.1 Å². The van der Waals surface area contributed by atoms with Gasteiger partial charge < -0.3 is 53.7 Å². The third-order valence-corrected chi connectivity index (χ3v) is 13.3. The van der Waals surface area contributed by atoms with Gasteiger partial charge in [0.2, 0.25) is 24.5 Å². The number of rotatable bonds is 14. The molecule has 0 radical (unpaired) electrons. The van der Waals surface area contributed by atoms with E-state index in [1.807, 2.05) is 76.2 Å². The quantitative estimate of drug-likeness (QED) is 0.0691. The number of hydrogen-bond donors (Lipinski definition) is 5. The molecule has 5 N–H and O–H groups in total. The van der Waals surface area contributed by atoms with Gasteiger partial charge in [0, 0.05) is 47.7 Å². The fraction of sp³-hybridized carbons (Fsp3) is 0.420. The molecule has 3 aliphatic heterocycles. The van der Waals surface area contributed by atoms with Crippen LogP contribution in [0.5, 0.6) is 11.5 Å². The van der Waals surface area contributed by atoms with Crippen LogP contribution in [0.25, 0.3) is 44.7 Å². The first-order valence-corrected chi connectivity index (χ1v) is 23.0. The number of hydrogen-bond acceptors (Lipinski definition) is 11. The molecule has 3 amide bonds. The van der Waals surface area contributed by atoms with Crippen LogP contribution in [-0.2, 0) is 19.1 Å². The molecular weight excluding hydrogens is 874 g/mol. The van der Waals surface area contributed by atoms with Crippen molar-refractivity contribution in [2.75, 3.05) is 34.4 Å². The minimum atomic E-state index is -1.36. The average molecular weight is 932 g/mol. The molecule has 0 aliphatic carbocycles. The van der Waals surface area contributed by atoms with E-state index < -0.39 is 43.0 Å². The number of fused-ring (bicyclic) bond motifs is 5. The molecule has 7 unspecified atom stereocenters. The fourth-order valence-electron chi connectivity index (χ4n) is 9.78. The summed E-state index contributed by atoms with van der Waals surface area (Å²) in [6, 6.07) is 19.7. The van der Waals surface area contributed by atoms with Gasteiger partial charge in [0.15, 0.2) is 0 Å². The number of nitrogens with zero attached hydrogens (tertiary/aromatic N) is 5. The molecule has 2 saturated heterocycles. The van der Waals surface area contributed by atoms with Crippen molar-refractivity contribution in [2.24, 2.45) is 11.8 Å². The highest BCUT2D eigenvalue weighted by Crippen LogP contribution is 2.47. The van der Waals surface area contributed by atoms with Gasteiger partial charge in [0.25, 0.3) is 0 Å². The number of nitrogens with one attached hydrogen (secondary N) is 4. The molecule has 0 saturated carbocycles. The van der Waals surface area contributed by atoms with Crippen molar-refractivity contribution in [1.29, 1.82) is 0 Å². The summed E-state index contributed by atoms with van der Waals surface area (Å²) in [5.74, 6) is 1.59. The molecule has 6 aromatic rings. The highest BCUT2D eigenvalue weighted by atomic mass is 19.1. The number of carbonyl (C=O) groups is 3. The summed E-state index contributed by atoms with van der Waals surface area (Å²) in [5, 5.41) is 16.6. The zero-order valence-corrected chi connectivity index (χ0v) is 39.2. The van der Waals surface area contributed by atoms with Crippen molar-refractivity contribution in [3.05, 3.63) is 96.3 Å². The molecule has 3 aliphatic rings. The predicted octanol–water partition coefficient (Wildman–Crippen LogP) is 7.23. The fourth-order valence-corrected chi connectivity index (χ4v) is 9.78. The van der Waals surface area contributed by atoms with Gasteiger partial charge in [-0.1, -0.05) is 52.0 Å². The lowest BCUT2D eigenvalue weighted by Gasteiger charge is -2.31. The monoisotopic (exact) mass is 931 g/mol. The van der Waals surface area contributed by atoms with E-state index in [1.165, 1.54) is 19.1 Å². The van der Waals surface area contributed by atoms with E-state index in [-0.39, 0.29) is 42.7 Å². The van der Waals surface area contributed by atoms with E-state index in [0.717, 1.165) is 57.4 Å². The molecule has 6 heterocycles. The largest absolute Gasteiger partial charge is 0.497 e. The molecule has 17 nitrogen and oxygen atoms in total. The first-order valence-electron chi connectivity index (χ1n) is 23.0. The number of aromatic nitrogens is 5. The van der Waals surface area contributed by atoms with Gasteiger partial charge in [-0.3, -0.25) is 14.9 Å². The number of likely N-dealkylation sites (tertiary alicyclic amines) is 2. The summed E-state index contributed by atoms with van der Waals surface area (Å²) in [4.78, 5) is 59.4. The van der Waals surface area contributed by atoms with Gasteiger partial charge >= 0.3 is 6.09 Å². The minimum Gasteiger partial charge on any atom is -0.497 e. The predicted molar refractivity (Wildman–Crippen MR) is 251 cm³/mol. The number of aromatic amines is 2. The van der Waals surface area contributed by atoms with Crippen LogP contribution >= 0.6 is 0 Å². The first kappa shape index (κ1) is 46.4. The van der Waals surface area contributed by atoms with Crippen molar-refractivity contribution in [1.82, 2.24) is 44.9 Å². The number of methoxy groups -OCH3 is 3. The maximum Gasteiger partial charge on any atom is 0.407 e. The number of alkyl carbamates (subject to hydrolysis) is 1. The smallest absolute Gasteiger partial charge is 0.407 e. The number of amides is 3. The topological polar surface area (TPSA) is 201 Å². The maximum atomic E-state index is 15.1. The van der Waals surface area contributed by atoms with Crippen LogP contribution in [0.15, 0.2) is 79.1 Å². The molecule has 0 spiro atoms. The van der Waals surface area contributed by atoms with Gasteiger partial charge in [-0.15, -0.1) is 0 Å². The van der Waals surface area contributed by atoms with Crippen LogP contribution in [0.1, 0.15) is 82.5 Å². The lowest BCUT2D eigenvalue weighted by molar-refractivity contribution is -0.145. The first-order chi connectivity index (χ1) is 32.8. The molecule has 358 valence electrons. The lowest BCUT2D eigenvalue weighted by Crippen LogP contribution is -2.53. The van der Waals surface area contributed by atoms with E-state index >= 15 is 4.39 Å². The van der Waals surface area contributed by atoms with Crippen LogP contribution in [0.4, 0.5) is 9.18 Å². The van der Waals surface area contributed by atoms with Crippen molar-refractivity contribution >= 4 is 28.8 Å². The van der Waals surface area contributed by atoms with Crippen molar-refractivity contribution in [3.8, 4) is 45.3 Å². The maximum absolute atomic E-state index is 15.1. The molecular formula is C50H58FN9O8. The number of H-pyrrole nitrogens is 2. The summed E-state index contributed by atoms with van der Waals surface area (Å²) < 4.78 is 39.6. The standard InChI is InChI=1S/C50H58FN9O8/c1-26(2)42(56-49(63)66-6)46(61)58-17-9-12-38(58)44-52-23-35(54-44)28-14-16-37-31(18-28)20-39-34-15-13-29(21-41(34)68-48(60(37)39)30-10-8-11-33(19-30)65-5)36-24-53-45(55-36)40-22-32(51)25-59(40)47(62)43(27(3)4)57-50(64)67-7/h8,10-11,13-16,18-21,23-24,26-27,32,38,40,42-43,48,50,57,64H,9,12,17,22,25H2,1-7H3,(H,52,54)(H,53,55)(H,56,63). The third-order valence-electron chi connectivity index (χ3n) is 13.3. The van der Waals surface area contributed by atoms with E-state index in [1.54, 1.807) is 24.4 Å². The minimum absolute atomic E-state index is 0.0796. The van der Waals surface area contributed by atoms with Gasteiger partial charge in [-0.25, -0.2) is 19.2 Å². The van der Waals surface area contributed by atoms with E-state index in [2.05, 4.69) is 48.4 Å². The molecule has 9 rings (SSSR count). The number of imidazole rings is 2. The molecule has 7 atom stereocenters. The molecule has 2 fully saturated rings. The summed E-state index contributed by atoms with van der Waals surface area (Å²) >= 11 is 0. The molecule has 0 bridgehead atoms. The number of ether oxygens (including phenoxy) is 4. The second-order valence-electron chi connectivity index (χ2n) is 18.4. The number of aliphatic hydroxyl groups excluding tert-OH is 1. The number of alkyl halides is 1. The molecule has 3 aromatic heterocycles. The molecule has 68 heavy (non-hydrogen) atoms. The van der Waals surface area contributed by atoms with Crippen LogP contribution in [0.3, 0.4) is 0 Å². The second-order valence-corrected chi connectivity index (χ2v) is 18.4. The molecule has 18 heteroatoms. The summed E-state index contributed by atoms with van der Waals surface area (Å²) in [5.41, 5.74) is 6.81. The van der Waals surface area contributed by atoms with Gasteiger partial charge in [0.05, 0.1) is 73.9 Å². The summed E-state index contributed by atoms with van der Waals surface area (Å²) in [6.45, 7) is 7.94. The Morgan fingerprint density at radius 2 is 1.54 bits per heavy atom. The Balaban J connectivity index is 1.02. The number of halogens is 1. The lowest BCUT2D eigenvalue weighted by atomic mass is 10.0. The highest BCUT2D eigenvalue weighted by molar-refractivity contribution is 5.93. The Labute approximate surface area is 393 Å². The van der Waals surface area contributed by atoms with Gasteiger partial charge in [0.1, 0.15) is 35.4 Å². The van der Waals surface area contributed by atoms with Crippen LogP contribution in [-0.4, -0.2) is 116 Å². The average Bonchev–Trinajstić information content (AvgIpc) is 4.21. The Kier molecular flexibility index (Phi) is 13.0. The number of carbonyl (C=O) groups excluding carboxylic acids is 3. The van der Waals surface area contributed by atoms with E-state index in [9.17, 15) is 19.5 Å². The van der Waals surface area contributed by atoms with Crippen LogP contribution in [0.2, 0.25) is 0 Å². The van der Waals surface area contributed by atoms with Crippen molar-refractivity contribution in [3.63, 3.8) is 0 Å². The Hall–Kier alpha value is -6.76. The Morgan fingerprint density at radius 3 is 2.24 bits per heavy atom. The molecule has 3 aromatic carbocycles. The van der Waals surface area contributed by atoms with Gasteiger partial charge in [-0.2, -0.15) is 0 Å². The SMILES string of the molecule is COC(=O)NC(C(=O)N1CCCC1c1ncc(-c2ccc3c(c2)cc2n3C(c3cccc(OC)c3)Oc3cc(-c4cnc(C5CC(F)CN5C(=O)C(NC(O)OC)C(C)C)[nH]4)ccc3-2)[nH]1)C(C)C. The third kappa shape index (κ3) is 8.78. The van der Waals surface area contributed by atoms with E-state index in [0.29, 0.717) is 35.4 Å². The Morgan fingerprint density at radius 1 is 0.853 bits per heavy atom. The van der Waals surface area contributed by atoms with Crippen LogP contribution in [0, 0.1) is 11.8 Å². The highest BCUT2D eigenvalue weighted by Gasteiger charge is 2.42. The summed E-state index contributed by atoms with van der Waals surface area (Å²) in [7, 11) is 4.24. The van der Waals surface area contributed by atoms with Crippen molar-refractivity contribution in [2.45, 2.75) is 89.9 Å². The van der Waals surface area contributed by atoms with Crippen molar-refractivity contribution < 1.29 is 42.8 Å². The zero-order chi connectivity index (χ0) is 48.0. The van der Waals surface area contributed by atoms with Gasteiger partial charge in [-0.05, 0) is 67.1 Å². The Bertz CT molecular complexity index is 2820. The van der Waals surface area contributed by atoms with E-state index in [4.69, 9.17) is 23.9 Å². The zero-order valence-electron chi connectivity index (χ0n) is 39.2. The number of aliphatic hydroxyl groups is 1. The second kappa shape index (κ2) is 19.1. The normalized spacial score (nSPS) is 20.3. The summed E-state index contributed by atoms with van der Waals surface area (Å²) in [6.07, 6.45) is 1.29. The number of benzene rings is 3.